The van der Waals surface area contributed by atoms with Gasteiger partial charge in [0, 0.05) is 28.9 Å². The number of halogens is 3. The van der Waals surface area contributed by atoms with Crippen LogP contribution in [0.1, 0.15) is 47.2 Å². The van der Waals surface area contributed by atoms with Gasteiger partial charge >= 0.3 is 12.1 Å². The van der Waals surface area contributed by atoms with E-state index < -0.39 is 23.6 Å². The van der Waals surface area contributed by atoms with Gasteiger partial charge in [-0.15, -0.1) is 0 Å². The number of rotatable bonds is 9. The van der Waals surface area contributed by atoms with Gasteiger partial charge in [-0.25, -0.2) is 4.79 Å². The van der Waals surface area contributed by atoms with Crippen LogP contribution in [0.4, 0.5) is 18.9 Å². The highest BCUT2D eigenvalue weighted by molar-refractivity contribution is 6.18. The van der Waals surface area contributed by atoms with Crippen LogP contribution in [0.15, 0.2) is 85.2 Å². The molecule has 2 aromatic heterocycles. The molecule has 226 valence electrons. The Bertz CT molecular complexity index is 1780. The number of amides is 1. The minimum absolute atomic E-state index is 0.00628. The Labute approximate surface area is 250 Å². The number of alkyl halides is 3. The Morgan fingerprint density at radius 3 is 2.27 bits per heavy atom. The van der Waals surface area contributed by atoms with E-state index in [2.05, 4.69) is 15.3 Å². The summed E-state index contributed by atoms with van der Waals surface area (Å²) in [6.45, 7) is 5.56. The van der Waals surface area contributed by atoms with Gasteiger partial charge in [0.25, 0.3) is 5.91 Å². The first-order valence-electron chi connectivity index (χ1n) is 13.7. The maximum absolute atomic E-state index is 13.3. The number of fused-ring (bicyclic) bond motifs is 1. The lowest BCUT2D eigenvalue weighted by Crippen LogP contribution is -2.15. The zero-order valence-electron chi connectivity index (χ0n) is 24.0. The molecular weight excluding hydrogens is 575 g/mol. The van der Waals surface area contributed by atoms with Crippen molar-refractivity contribution in [1.82, 2.24) is 9.97 Å². The summed E-state index contributed by atoms with van der Waals surface area (Å²) in [5, 5.41) is 3.26. The predicted molar refractivity (Wildman–Crippen MR) is 159 cm³/mol. The van der Waals surface area contributed by atoms with Crippen molar-refractivity contribution in [2.45, 2.75) is 33.1 Å². The molecular formula is C33H28F3N3O5. The van der Waals surface area contributed by atoms with Crippen LogP contribution in [-0.4, -0.2) is 34.6 Å². The molecule has 8 nitrogen and oxygen atoms in total. The predicted octanol–water partition coefficient (Wildman–Crippen LogP) is 8.26. The van der Waals surface area contributed by atoms with E-state index in [9.17, 15) is 22.8 Å². The summed E-state index contributed by atoms with van der Waals surface area (Å²) in [5.74, 6) is -0.179. The first-order chi connectivity index (χ1) is 21.0. The lowest BCUT2D eigenvalue weighted by atomic mass is 9.98. The van der Waals surface area contributed by atoms with Crippen LogP contribution in [0.5, 0.6) is 17.2 Å². The van der Waals surface area contributed by atoms with Crippen LogP contribution in [0.25, 0.3) is 22.0 Å². The van der Waals surface area contributed by atoms with E-state index in [1.165, 1.54) is 24.5 Å². The second kappa shape index (κ2) is 12.5. The summed E-state index contributed by atoms with van der Waals surface area (Å²) >= 11 is 0. The molecule has 0 aliphatic carbocycles. The Kier molecular flexibility index (Phi) is 8.57. The van der Waals surface area contributed by atoms with Crippen molar-refractivity contribution in [2.75, 3.05) is 11.9 Å². The summed E-state index contributed by atoms with van der Waals surface area (Å²) in [5.41, 5.74) is 1.16. The first kappa shape index (κ1) is 30.1. The first-order valence-corrected chi connectivity index (χ1v) is 13.7. The van der Waals surface area contributed by atoms with Crippen LogP contribution >= 0.6 is 0 Å². The van der Waals surface area contributed by atoms with Gasteiger partial charge in [0.15, 0.2) is 0 Å². The van der Waals surface area contributed by atoms with Gasteiger partial charge in [-0.3, -0.25) is 9.78 Å². The smallest absolute Gasteiger partial charge is 0.416 e. The highest BCUT2D eigenvalue weighted by Gasteiger charge is 2.30. The highest BCUT2D eigenvalue weighted by Crippen LogP contribution is 2.44. The number of ether oxygens (including phenoxy) is 3. The Morgan fingerprint density at radius 1 is 0.955 bits per heavy atom. The van der Waals surface area contributed by atoms with Gasteiger partial charge in [0.1, 0.15) is 22.9 Å². The van der Waals surface area contributed by atoms with Gasteiger partial charge in [0.05, 0.1) is 29.5 Å². The molecule has 0 atom stereocenters. The number of hydrogen-bond donors (Lipinski definition) is 2. The Hall–Kier alpha value is -5.32. The van der Waals surface area contributed by atoms with Gasteiger partial charge in [0.2, 0.25) is 0 Å². The molecule has 5 aromatic rings. The van der Waals surface area contributed by atoms with Gasteiger partial charge in [-0.05, 0) is 87.0 Å². The maximum Gasteiger partial charge on any atom is 0.416 e. The fraction of sp³-hybridized carbons (Fsp3) is 0.182. The molecule has 11 heteroatoms. The normalized spacial score (nSPS) is 11.4. The number of nitrogens with one attached hydrogen (secondary N) is 2. The van der Waals surface area contributed by atoms with E-state index >= 15 is 0 Å². The number of aromatic amines is 1. The number of anilines is 1. The number of hydrogen-bond acceptors (Lipinski definition) is 6. The molecule has 2 N–H and O–H groups in total. The number of nitrogens with zero attached hydrogens (tertiary/aromatic N) is 1. The van der Waals surface area contributed by atoms with Crippen molar-refractivity contribution in [3.05, 3.63) is 102 Å². The SMILES string of the molecule is CCOC(=O)c1[nH]c2ccc(Oc3ccc(C(F)(F)F)cc3)c(-c3ccc(OC(C)C)cc3)c2c1NC(=O)c1cccnc1. The summed E-state index contributed by atoms with van der Waals surface area (Å²) in [6.07, 6.45) is -1.64. The topological polar surface area (TPSA) is 103 Å². The molecule has 3 aromatic carbocycles. The van der Waals surface area contributed by atoms with E-state index in [-0.39, 0.29) is 41.2 Å². The summed E-state index contributed by atoms with van der Waals surface area (Å²) in [4.78, 5) is 33.5. The monoisotopic (exact) mass is 603 g/mol. The molecule has 0 aliphatic heterocycles. The quantitative estimate of drug-likeness (QED) is 0.165. The average Bonchev–Trinajstić information content (AvgIpc) is 3.36. The van der Waals surface area contributed by atoms with Crippen LogP contribution in [0.2, 0.25) is 0 Å². The number of carbonyl (C=O) groups is 2. The molecule has 0 aliphatic rings. The third-order valence-corrected chi connectivity index (χ3v) is 6.49. The number of pyridine rings is 1. The number of esters is 1. The number of carbonyl (C=O) groups excluding carboxylic acids is 2. The zero-order valence-corrected chi connectivity index (χ0v) is 24.0. The molecule has 5 rings (SSSR count). The Morgan fingerprint density at radius 2 is 1.66 bits per heavy atom. The minimum atomic E-state index is -4.50. The largest absolute Gasteiger partial charge is 0.491 e. The zero-order chi connectivity index (χ0) is 31.4. The molecule has 0 fully saturated rings. The minimum Gasteiger partial charge on any atom is -0.491 e. The van der Waals surface area contributed by atoms with E-state index in [0.717, 1.165) is 12.1 Å². The second-order valence-electron chi connectivity index (χ2n) is 9.97. The van der Waals surface area contributed by atoms with Crippen molar-refractivity contribution in [1.29, 1.82) is 0 Å². The van der Waals surface area contributed by atoms with Crippen molar-refractivity contribution in [3.63, 3.8) is 0 Å². The average molecular weight is 604 g/mol. The van der Waals surface area contributed by atoms with Crippen LogP contribution in [-0.2, 0) is 10.9 Å². The van der Waals surface area contributed by atoms with Gasteiger partial charge in [-0.2, -0.15) is 13.2 Å². The van der Waals surface area contributed by atoms with E-state index in [1.54, 1.807) is 55.5 Å². The molecule has 0 radical (unpaired) electrons. The number of H-pyrrole nitrogens is 1. The highest BCUT2D eigenvalue weighted by atomic mass is 19.4. The van der Waals surface area contributed by atoms with Crippen molar-refractivity contribution < 1.29 is 37.0 Å². The van der Waals surface area contributed by atoms with Crippen molar-refractivity contribution in [2.24, 2.45) is 0 Å². The maximum atomic E-state index is 13.3. The summed E-state index contributed by atoms with van der Waals surface area (Å²) in [6, 6.07) is 17.9. The molecule has 2 heterocycles. The third-order valence-electron chi connectivity index (χ3n) is 6.49. The van der Waals surface area contributed by atoms with E-state index in [4.69, 9.17) is 14.2 Å². The van der Waals surface area contributed by atoms with Crippen LogP contribution in [0.3, 0.4) is 0 Å². The fourth-order valence-electron chi connectivity index (χ4n) is 4.62. The van der Waals surface area contributed by atoms with Crippen molar-refractivity contribution in [3.8, 4) is 28.4 Å². The molecule has 0 spiro atoms. The molecule has 0 saturated carbocycles. The lowest BCUT2D eigenvalue weighted by Gasteiger charge is -2.16. The summed E-state index contributed by atoms with van der Waals surface area (Å²) in [7, 11) is 0. The summed E-state index contributed by atoms with van der Waals surface area (Å²) < 4.78 is 56.8. The molecule has 0 unspecified atom stereocenters. The molecule has 0 saturated heterocycles. The third kappa shape index (κ3) is 6.51. The van der Waals surface area contributed by atoms with Crippen LogP contribution < -0.4 is 14.8 Å². The number of benzene rings is 3. The van der Waals surface area contributed by atoms with E-state index in [0.29, 0.717) is 27.8 Å². The van der Waals surface area contributed by atoms with Gasteiger partial charge in [-0.1, -0.05) is 12.1 Å². The van der Waals surface area contributed by atoms with E-state index in [1.807, 2.05) is 13.8 Å². The molecule has 0 bridgehead atoms. The standard InChI is InChI=1S/C33H28F3N3O5/c1-4-42-32(41)30-29(39-31(40)21-6-5-17-37-18-21)28-25(38-30)15-16-26(44-24-13-9-22(10-14-24)33(34,35)36)27(28)20-7-11-23(12-8-20)43-19(2)3/h5-19,38H,4H2,1-3H3,(H,39,40). The molecule has 1 amide bonds. The second-order valence-corrected chi connectivity index (χ2v) is 9.97. The van der Waals surface area contributed by atoms with Crippen LogP contribution in [0, 0.1) is 0 Å². The van der Waals surface area contributed by atoms with Crippen molar-refractivity contribution >= 4 is 28.5 Å². The molecule has 44 heavy (non-hydrogen) atoms. The van der Waals surface area contributed by atoms with Gasteiger partial charge < -0.3 is 24.5 Å². The number of aromatic nitrogens is 2. The fourth-order valence-corrected chi connectivity index (χ4v) is 4.62. The Balaban J connectivity index is 1.71. The lowest BCUT2D eigenvalue weighted by molar-refractivity contribution is -0.137.